The molecule has 0 aliphatic heterocycles. The van der Waals surface area contributed by atoms with Gasteiger partial charge in [0.2, 0.25) is 0 Å². The Morgan fingerprint density at radius 1 is 1.00 bits per heavy atom. The first-order valence-corrected chi connectivity index (χ1v) is 10.6. The van der Waals surface area contributed by atoms with E-state index < -0.39 is 0 Å². The van der Waals surface area contributed by atoms with E-state index in [1.54, 1.807) is 7.11 Å². The molecule has 160 valence electrons. The lowest BCUT2D eigenvalue weighted by Gasteiger charge is -2.18. The Morgan fingerprint density at radius 3 is 2.29 bits per heavy atom. The van der Waals surface area contributed by atoms with Gasteiger partial charge in [0.05, 0.1) is 6.54 Å². The minimum Gasteiger partial charge on any atom is -0.385 e. The van der Waals surface area contributed by atoms with Crippen molar-refractivity contribution in [1.82, 2.24) is 20.4 Å². The summed E-state index contributed by atoms with van der Waals surface area (Å²) in [5.41, 5.74) is 2.59. The largest absolute Gasteiger partial charge is 0.385 e. The molecule has 0 saturated heterocycles. The van der Waals surface area contributed by atoms with E-state index in [4.69, 9.17) is 9.73 Å². The summed E-state index contributed by atoms with van der Waals surface area (Å²) < 4.78 is 5.10. The highest BCUT2D eigenvalue weighted by Gasteiger charge is 2.03. The van der Waals surface area contributed by atoms with Gasteiger partial charge in [-0.05, 0) is 44.6 Å². The van der Waals surface area contributed by atoms with Crippen molar-refractivity contribution < 1.29 is 4.74 Å². The standard InChI is InChI=1S/C22H41N5O/c1-6-23-22(24-14-16-26(4)15-9-17-28-5)25-18-20-10-12-21(13-11-20)19-27(7-2)8-3/h10-13H,6-9,14-19H2,1-5H3,(H2,23,24,25). The number of hydrogen-bond donors (Lipinski definition) is 2. The number of methoxy groups -OCH3 is 1. The topological polar surface area (TPSA) is 52.1 Å². The Bertz CT molecular complexity index is 528. The normalized spacial score (nSPS) is 12.0. The van der Waals surface area contributed by atoms with Gasteiger partial charge in [-0.1, -0.05) is 38.1 Å². The van der Waals surface area contributed by atoms with Crippen molar-refractivity contribution in [3.63, 3.8) is 0 Å². The van der Waals surface area contributed by atoms with Gasteiger partial charge >= 0.3 is 0 Å². The van der Waals surface area contributed by atoms with Crippen molar-refractivity contribution >= 4 is 5.96 Å². The zero-order valence-corrected chi connectivity index (χ0v) is 18.6. The maximum Gasteiger partial charge on any atom is 0.191 e. The van der Waals surface area contributed by atoms with Crippen molar-refractivity contribution in [2.75, 3.05) is 60.0 Å². The number of hydrogen-bond acceptors (Lipinski definition) is 4. The molecular formula is C22H41N5O. The van der Waals surface area contributed by atoms with Crippen molar-refractivity contribution in [2.24, 2.45) is 4.99 Å². The van der Waals surface area contributed by atoms with E-state index in [2.05, 4.69) is 72.5 Å². The van der Waals surface area contributed by atoms with E-state index in [0.717, 1.165) is 64.8 Å². The SMILES string of the molecule is CCNC(=NCc1ccc(CN(CC)CC)cc1)NCCN(C)CCCOC. The number of ether oxygens (including phenoxy) is 1. The van der Waals surface area contributed by atoms with E-state index in [0.29, 0.717) is 6.54 Å². The first-order chi connectivity index (χ1) is 13.6. The molecule has 0 aliphatic carbocycles. The third kappa shape index (κ3) is 10.6. The van der Waals surface area contributed by atoms with Gasteiger partial charge in [0.25, 0.3) is 0 Å². The maximum atomic E-state index is 5.10. The summed E-state index contributed by atoms with van der Waals surface area (Å²) in [4.78, 5) is 9.46. The molecule has 0 aromatic heterocycles. The number of nitrogens with zero attached hydrogens (tertiary/aromatic N) is 3. The highest BCUT2D eigenvalue weighted by atomic mass is 16.5. The fraction of sp³-hybridized carbons (Fsp3) is 0.682. The summed E-state index contributed by atoms with van der Waals surface area (Å²) in [5, 5.41) is 6.75. The molecular weight excluding hydrogens is 350 g/mol. The number of likely N-dealkylation sites (N-methyl/N-ethyl adjacent to an activating group) is 1. The second-order valence-electron chi connectivity index (χ2n) is 7.05. The zero-order chi connectivity index (χ0) is 20.6. The fourth-order valence-electron chi connectivity index (χ4n) is 2.92. The average Bonchev–Trinajstić information content (AvgIpc) is 2.71. The molecule has 0 unspecified atom stereocenters. The summed E-state index contributed by atoms with van der Waals surface area (Å²) in [6, 6.07) is 8.82. The monoisotopic (exact) mass is 391 g/mol. The molecule has 0 aliphatic rings. The Labute approximate surface area is 172 Å². The van der Waals surface area contributed by atoms with E-state index in [9.17, 15) is 0 Å². The summed E-state index contributed by atoms with van der Waals surface area (Å²) in [6.45, 7) is 14.9. The molecule has 1 rings (SSSR count). The van der Waals surface area contributed by atoms with Gasteiger partial charge < -0.3 is 20.3 Å². The highest BCUT2D eigenvalue weighted by Crippen LogP contribution is 2.08. The van der Waals surface area contributed by atoms with E-state index in [-0.39, 0.29) is 0 Å². The highest BCUT2D eigenvalue weighted by molar-refractivity contribution is 5.79. The van der Waals surface area contributed by atoms with Gasteiger partial charge in [-0.3, -0.25) is 4.90 Å². The minimum atomic E-state index is 0.685. The molecule has 0 radical (unpaired) electrons. The summed E-state index contributed by atoms with van der Waals surface area (Å²) in [5.74, 6) is 0.875. The molecule has 0 bridgehead atoms. The van der Waals surface area contributed by atoms with Crippen LogP contribution in [0.4, 0.5) is 0 Å². The van der Waals surface area contributed by atoms with Crippen LogP contribution in [0.1, 0.15) is 38.3 Å². The quantitative estimate of drug-likeness (QED) is 0.290. The number of benzene rings is 1. The number of rotatable bonds is 14. The second kappa shape index (κ2) is 15.3. The molecule has 6 heteroatoms. The van der Waals surface area contributed by atoms with Crippen molar-refractivity contribution in [2.45, 2.75) is 40.3 Å². The van der Waals surface area contributed by atoms with Crippen LogP contribution in [0.5, 0.6) is 0 Å². The first kappa shape index (κ1) is 24.4. The van der Waals surface area contributed by atoms with Gasteiger partial charge in [-0.15, -0.1) is 0 Å². The Hall–Kier alpha value is -1.63. The van der Waals surface area contributed by atoms with Crippen LogP contribution in [0.25, 0.3) is 0 Å². The molecule has 0 spiro atoms. The van der Waals surface area contributed by atoms with Gasteiger partial charge in [0.15, 0.2) is 5.96 Å². The van der Waals surface area contributed by atoms with Crippen LogP contribution in [0.15, 0.2) is 29.3 Å². The van der Waals surface area contributed by atoms with Crippen molar-refractivity contribution in [1.29, 1.82) is 0 Å². The number of nitrogens with one attached hydrogen (secondary N) is 2. The average molecular weight is 392 g/mol. The maximum absolute atomic E-state index is 5.10. The van der Waals surface area contributed by atoms with Gasteiger partial charge in [-0.2, -0.15) is 0 Å². The lowest BCUT2D eigenvalue weighted by atomic mass is 10.1. The third-order valence-electron chi connectivity index (χ3n) is 4.76. The van der Waals surface area contributed by atoms with Crippen LogP contribution >= 0.6 is 0 Å². The Kier molecular flexibility index (Phi) is 13.3. The molecule has 0 amide bonds. The van der Waals surface area contributed by atoms with Crippen molar-refractivity contribution in [3.05, 3.63) is 35.4 Å². The second-order valence-corrected chi connectivity index (χ2v) is 7.05. The van der Waals surface area contributed by atoms with Gasteiger partial charge in [-0.25, -0.2) is 4.99 Å². The molecule has 0 fully saturated rings. The lowest BCUT2D eigenvalue weighted by Crippen LogP contribution is -2.41. The molecule has 1 aromatic carbocycles. The van der Waals surface area contributed by atoms with Crippen molar-refractivity contribution in [3.8, 4) is 0 Å². The lowest BCUT2D eigenvalue weighted by molar-refractivity contribution is 0.180. The molecule has 2 N–H and O–H groups in total. The summed E-state index contributed by atoms with van der Waals surface area (Å²) >= 11 is 0. The van der Waals surface area contributed by atoms with E-state index >= 15 is 0 Å². The predicted molar refractivity (Wildman–Crippen MR) is 120 cm³/mol. The van der Waals surface area contributed by atoms with Gasteiger partial charge in [0.1, 0.15) is 0 Å². The van der Waals surface area contributed by atoms with Crippen LogP contribution in [0, 0.1) is 0 Å². The van der Waals surface area contributed by atoms with Crippen LogP contribution in [-0.4, -0.2) is 75.8 Å². The molecule has 0 heterocycles. The first-order valence-electron chi connectivity index (χ1n) is 10.6. The number of guanidine groups is 1. The Morgan fingerprint density at radius 2 is 1.68 bits per heavy atom. The van der Waals surface area contributed by atoms with E-state index in [1.807, 2.05) is 0 Å². The number of aliphatic imine (C=N–C) groups is 1. The molecule has 0 saturated carbocycles. The van der Waals surface area contributed by atoms with Crippen LogP contribution in [0.3, 0.4) is 0 Å². The van der Waals surface area contributed by atoms with E-state index in [1.165, 1.54) is 11.1 Å². The zero-order valence-electron chi connectivity index (χ0n) is 18.6. The van der Waals surface area contributed by atoms with Crippen LogP contribution < -0.4 is 10.6 Å². The summed E-state index contributed by atoms with van der Waals surface area (Å²) in [6.07, 6.45) is 1.06. The Balaban J connectivity index is 2.46. The van der Waals surface area contributed by atoms with Crippen LogP contribution in [0.2, 0.25) is 0 Å². The van der Waals surface area contributed by atoms with Gasteiger partial charge in [0, 0.05) is 46.4 Å². The third-order valence-corrected chi connectivity index (χ3v) is 4.76. The molecule has 1 aromatic rings. The van der Waals surface area contributed by atoms with Crippen LogP contribution in [-0.2, 0) is 17.8 Å². The molecule has 28 heavy (non-hydrogen) atoms. The minimum absolute atomic E-state index is 0.685. The predicted octanol–water partition coefficient (Wildman–Crippen LogP) is 2.55. The smallest absolute Gasteiger partial charge is 0.191 e. The fourth-order valence-corrected chi connectivity index (χ4v) is 2.92. The molecule has 0 atom stereocenters. The molecule has 6 nitrogen and oxygen atoms in total. The summed E-state index contributed by atoms with van der Waals surface area (Å²) in [7, 11) is 3.89.